The van der Waals surface area contributed by atoms with Gasteiger partial charge in [-0.15, -0.1) is 0 Å². The molecule has 0 spiro atoms. The van der Waals surface area contributed by atoms with Crippen LogP contribution in [0, 0.1) is 5.82 Å². The van der Waals surface area contributed by atoms with E-state index >= 15 is 0 Å². The summed E-state index contributed by atoms with van der Waals surface area (Å²) in [4.78, 5) is 30.5. The smallest absolute Gasteiger partial charge is 0.272 e. The standard InChI is InChI=1S/C31H30FN3O2/c32-25-17-15-22(16-18-25)20-35-29(36)28-19-23-9-7-8-14-27(23)34(28)21-31(35,24-10-3-1-4-11-24)30(37)33-26-12-5-2-6-13-26/h1,3-4,7-11,14-19,26H,2,5-6,12-13,20-21H2,(H,33,37). The van der Waals surface area contributed by atoms with E-state index in [4.69, 9.17) is 0 Å². The summed E-state index contributed by atoms with van der Waals surface area (Å²) in [5.41, 5.74) is 1.75. The molecule has 1 aromatic heterocycles. The number of para-hydroxylation sites is 1. The number of hydrogen-bond acceptors (Lipinski definition) is 2. The van der Waals surface area contributed by atoms with Gasteiger partial charge in [-0.1, -0.05) is 79.9 Å². The predicted octanol–water partition coefficient (Wildman–Crippen LogP) is 5.78. The van der Waals surface area contributed by atoms with Crippen molar-refractivity contribution in [2.45, 2.75) is 56.8 Å². The first-order chi connectivity index (χ1) is 18.1. The van der Waals surface area contributed by atoms with Gasteiger partial charge in [0.1, 0.15) is 11.5 Å². The predicted molar refractivity (Wildman–Crippen MR) is 141 cm³/mol. The van der Waals surface area contributed by atoms with E-state index in [-0.39, 0.29) is 30.2 Å². The van der Waals surface area contributed by atoms with E-state index in [1.807, 2.05) is 65.2 Å². The Balaban J connectivity index is 1.53. The first kappa shape index (κ1) is 23.5. The van der Waals surface area contributed by atoms with E-state index in [1.165, 1.54) is 18.6 Å². The van der Waals surface area contributed by atoms with Crippen molar-refractivity contribution in [2.75, 3.05) is 0 Å². The lowest BCUT2D eigenvalue weighted by Gasteiger charge is -2.47. The SMILES string of the molecule is O=C1c2cc3ccccc3n2CC(C(=O)NC2CCCCC2)(c2ccccc2)N1Cc1ccc(F)cc1. The lowest BCUT2D eigenvalue weighted by atomic mass is 9.83. The molecule has 0 saturated heterocycles. The van der Waals surface area contributed by atoms with Gasteiger partial charge >= 0.3 is 0 Å². The van der Waals surface area contributed by atoms with Gasteiger partial charge in [0, 0.05) is 23.5 Å². The van der Waals surface area contributed by atoms with Crippen molar-refractivity contribution in [1.82, 2.24) is 14.8 Å². The molecule has 6 rings (SSSR count). The monoisotopic (exact) mass is 495 g/mol. The Hall–Kier alpha value is -3.93. The molecule has 1 unspecified atom stereocenters. The number of nitrogens with one attached hydrogen (secondary N) is 1. The number of rotatable bonds is 5. The molecule has 0 radical (unpaired) electrons. The number of halogens is 1. The molecule has 1 saturated carbocycles. The van der Waals surface area contributed by atoms with Crippen LogP contribution in [0.1, 0.15) is 53.7 Å². The van der Waals surface area contributed by atoms with Gasteiger partial charge in [-0.3, -0.25) is 9.59 Å². The lowest BCUT2D eigenvalue weighted by molar-refractivity contribution is -0.136. The van der Waals surface area contributed by atoms with Crippen LogP contribution in [-0.4, -0.2) is 27.3 Å². The third-order valence-electron chi connectivity index (χ3n) is 7.94. The zero-order chi connectivity index (χ0) is 25.4. The van der Waals surface area contributed by atoms with Crippen LogP contribution in [0.4, 0.5) is 4.39 Å². The normalized spacial score (nSPS) is 20.1. The Morgan fingerprint density at radius 1 is 0.919 bits per heavy atom. The summed E-state index contributed by atoms with van der Waals surface area (Å²) in [5.74, 6) is -0.711. The summed E-state index contributed by atoms with van der Waals surface area (Å²) in [7, 11) is 0. The molecule has 6 heteroatoms. The largest absolute Gasteiger partial charge is 0.351 e. The molecule has 1 aliphatic heterocycles. The zero-order valence-corrected chi connectivity index (χ0v) is 20.7. The highest BCUT2D eigenvalue weighted by molar-refractivity contribution is 6.04. The molecule has 4 aromatic rings. The third-order valence-corrected chi connectivity index (χ3v) is 7.94. The molecule has 1 aliphatic carbocycles. The quantitative estimate of drug-likeness (QED) is 0.382. The number of aromatic nitrogens is 1. The number of carbonyl (C=O) groups is 2. The van der Waals surface area contributed by atoms with Crippen LogP contribution in [-0.2, 0) is 23.4 Å². The molecular weight excluding hydrogens is 465 g/mol. The molecule has 0 bridgehead atoms. The van der Waals surface area contributed by atoms with Gasteiger partial charge < -0.3 is 14.8 Å². The van der Waals surface area contributed by atoms with Crippen molar-refractivity contribution in [1.29, 1.82) is 0 Å². The molecular formula is C31H30FN3O2. The summed E-state index contributed by atoms with van der Waals surface area (Å²) in [6, 6.07) is 25.7. The topological polar surface area (TPSA) is 54.3 Å². The Bertz CT molecular complexity index is 1440. The molecule has 5 nitrogen and oxygen atoms in total. The van der Waals surface area contributed by atoms with Crippen molar-refractivity contribution in [3.8, 4) is 0 Å². The third kappa shape index (κ3) is 4.10. The molecule has 3 aromatic carbocycles. The first-order valence-corrected chi connectivity index (χ1v) is 13.1. The van der Waals surface area contributed by atoms with E-state index in [9.17, 15) is 14.0 Å². The van der Waals surface area contributed by atoms with Crippen molar-refractivity contribution in [3.05, 3.63) is 108 Å². The number of nitrogens with zero attached hydrogens (tertiary/aromatic N) is 2. The van der Waals surface area contributed by atoms with E-state index < -0.39 is 5.54 Å². The average molecular weight is 496 g/mol. The zero-order valence-electron chi connectivity index (χ0n) is 20.7. The van der Waals surface area contributed by atoms with E-state index in [0.717, 1.165) is 47.7 Å². The van der Waals surface area contributed by atoms with Crippen molar-refractivity contribution in [2.24, 2.45) is 0 Å². The van der Waals surface area contributed by atoms with Crippen molar-refractivity contribution >= 4 is 22.7 Å². The molecule has 37 heavy (non-hydrogen) atoms. The fourth-order valence-corrected chi connectivity index (χ4v) is 6.00. The number of hydrogen-bond donors (Lipinski definition) is 1. The van der Waals surface area contributed by atoms with Gasteiger partial charge in [0.15, 0.2) is 5.54 Å². The second-order valence-electron chi connectivity index (χ2n) is 10.2. The molecule has 2 amide bonds. The average Bonchev–Trinajstić information content (AvgIpc) is 3.31. The molecule has 2 aliphatic rings. The summed E-state index contributed by atoms with van der Waals surface area (Å²) in [5, 5.41) is 4.30. The van der Waals surface area contributed by atoms with Crippen LogP contribution in [0.25, 0.3) is 10.9 Å². The van der Waals surface area contributed by atoms with Crippen LogP contribution in [0.2, 0.25) is 0 Å². The van der Waals surface area contributed by atoms with Gasteiger partial charge in [0.2, 0.25) is 0 Å². The van der Waals surface area contributed by atoms with Crippen LogP contribution < -0.4 is 5.32 Å². The molecule has 188 valence electrons. The highest BCUT2D eigenvalue weighted by atomic mass is 19.1. The number of benzene rings is 3. The fourth-order valence-electron chi connectivity index (χ4n) is 6.00. The Morgan fingerprint density at radius 2 is 1.62 bits per heavy atom. The van der Waals surface area contributed by atoms with Crippen LogP contribution in [0.3, 0.4) is 0 Å². The summed E-state index contributed by atoms with van der Waals surface area (Å²) < 4.78 is 15.7. The second kappa shape index (κ2) is 9.51. The number of carbonyl (C=O) groups excluding carboxylic acids is 2. The van der Waals surface area contributed by atoms with E-state index in [1.54, 1.807) is 17.0 Å². The molecule has 1 atom stereocenters. The minimum atomic E-state index is -1.26. The highest BCUT2D eigenvalue weighted by Crippen LogP contribution is 2.40. The fraction of sp³-hybridized carbons (Fsp3) is 0.290. The molecule has 1 N–H and O–H groups in total. The lowest BCUT2D eigenvalue weighted by Crippen LogP contribution is -2.64. The van der Waals surface area contributed by atoms with Gasteiger partial charge in [0.25, 0.3) is 11.8 Å². The second-order valence-corrected chi connectivity index (χ2v) is 10.2. The maximum atomic E-state index is 14.5. The molecule has 2 heterocycles. The minimum Gasteiger partial charge on any atom is -0.351 e. The van der Waals surface area contributed by atoms with Crippen molar-refractivity contribution in [3.63, 3.8) is 0 Å². The summed E-state index contributed by atoms with van der Waals surface area (Å²) in [6.07, 6.45) is 5.26. The number of fused-ring (bicyclic) bond motifs is 3. The van der Waals surface area contributed by atoms with Gasteiger partial charge in [-0.25, -0.2) is 4.39 Å². The Morgan fingerprint density at radius 3 is 2.38 bits per heavy atom. The van der Waals surface area contributed by atoms with Crippen LogP contribution in [0.5, 0.6) is 0 Å². The van der Waals surface area contributed by atoms with E-state index in [0.29, 0.717) is 12.2 Å². The molecule has 1 fully saturated rings. The summed E-state index contributed by atoms with van der Waals surface area (Å²) in [6.45, 7) is 0.485. The number of amides is 2. The van der Waals surface area contributed by atoms with Gasteiger partial charge in [-0.05, 0) is 48.2 Å². The summed E-state index contributed by atoms with van der Waals surface area (Å²) >= 11 is 0. The van der Waals surface area contributed by atoms with Crippen LogP contribution >= 0.6 is 0 Å². The van der Waals surface area contributed by atoms with Gasteiger partial charge in [-0.2, -0.15) is 0 Å². The van der Waals surface area contributed by atoms with Crippen LogP contribution in [0.15, 0.2) is 84.9 Å². The van der Waals surface area contributed by atoms with Crippen molar-refractivity contribution < 1.29 is 14.0 Å². The van der Waals surface area contributed by atoms with Gasteiger partial charge in [0.05, 0.1) is 6.54 Å². The Kier molecular flexibility index (Phi) is 6.03. The minimum absolute atomic E-state index is 0.0902. The Labute approximate surface area is 215 Å². The maximum Gasteiger partial charge on any atom is 0.272 e. The maximum absolute atomic E-state index is 14.5. The van der Waals surface area contributed by atoms with E-state index in [2.05, 4.69) is 5.32 Å². The first-order valence-electron chi connectivity index (χ1n) is 13.1. The highest BCUT2D eigenvalue weighted by Gasteiger charge is 2.52.